The first kappa shape index (κ1) is 11.6. The number of azo groups is 1. The molecule has 0 amide bonds. The maximum Gasteiger partial charge on any atom is 0.138 e. The van der Waals surface area contributed by atoms with Gasteiger partial charge in [-0.2, -0.15) is 10.2 Å². The SMILES string of the molecule is S=C1NC(=S)C(N=Nc2ccccc2)CS1. The first-order chi connectivity index (χ1) is 7.75. The van der Waals surface area contributed by atoms with Crippen molar-refractivity contribution >= 4 is 51.2 Å². The van der Waals surface area contributed by atoms with Crippen molar-refractivity contribution in [3.05, 3.63) is 30.3 Å². The molecule has 0 radical (unpaired) electrons. The molecule has 1 aromatic rings. The molecule has 3 nitrogen and oxygen atoms in total. The van der Waals surface area contributed by atoms with E-state index in [0.29, 0.717) is 4.99 Å². The van der Waals surface area contributed by atoms with E-state index >= 15 is 0 Å². The standard InChI is InChI=1S/C10H9N3S3/c14-9-8(6-16-10(15)11-9)13-12-7-4-2-1-3-5-7/h1-5,8H,6H2,(H,11,14,15). The van der Waals surface area contributed by atoms with Crippen molar-refractivity contribution in [2.45, 2.75) is 6.04 Å². The minimum absolute atomic E-state index is 0.0769. The van der Waals surface area contributed by atoms with Gasteiger partial charge >= 0.3 is 0 Å². The third-order valence-corrected chi connectivity index (χ3v) is 3.65. The Morgan fingerprint density at radius 2 is 2.00 bits per heavy atom. The highest BCUT2D eigenvalue weighted by atomic mass is 32.2. The molecule has 1 aromatic carbocycles. The Kier molecular flexibility index (Phi) is 3.98. The normalized spacial score (nSPS) is 21.1. The van der Waals surface area contributed by atoms with Gasteiger partial charge < -0.3 is 5.32 Å². The minimum Gasteiger partial charge on any atom is -0.334 e. The molecule has 1 saturated heterocycles. The van der Waals surface area contributed by atoms with Crippen molar-refractivity contribution in [2.24, 2.45) is 10.2 Å². The summed E-state index contributed by atoms with van der Waals surface area (Å²) in [4.78, 5) is 0.656. The molecule has 0 aliphatic carbocycles. The molecule has 1 heterocycles. The van der Waals surface area contributed by atoms with Crippen LogP contribution in [-0.2, 0) is 0 Å². The average Bonchev–Trinajstić information content (AvgIpc) is 2.29. The number of nitrogens with zero attached hydrogens (tertiary/aromatic N) is 2. The summed E-state index contributed by atoms with van der Waals surface area (Å²) in [5, 5.41) is 11.3. The zero-order chi connectivity index (χ0) is 11.4. The van der Waals surface area contributed by atoms with Gasteiger partial charge in [0.05, 0.1) is 5.69 Å². The molecule has 6 heteroatoms. The summed E-state index contributed by atoms with van der Waals surface area (Å²) < 4.78 is 0.719. The van der Waals surface area contributed by atoms with E-state index in [1.165, 1.54) is 0 Å². The van der Waals surface area contributed by atoms with Gasteiger partial charge in [-0.1, -0.05) is 54.4 Å². The minimum atomic E-state index is -0.0769. The van der Waals surface area contributed by atoms with Crippen LogP contribution in [0.5, 0.6) is 0 Å². The van der Waals surface area contributed by atoms with E-state index < -0.39 is 0 Å². The van der Waals surface area contributed by atoms with Crippen molar-refractivity contribution in [1.29, 1.82) is 0 Å². The number of benzene rings is 1. The van der Waals surface area contributed by atoms with Crippen LogP contribution in [0.4, 0.5) is 5.69 Å². The van der Waals surface area contributed by atoms with Gasteiger partial charge in [0.15, 0.2) is 0 Å². The Morgan fingerprint density at radius 3 is 2.69 bits per heavy atom. The van der Waals surface area contributed by atoms with Crippen LogP contribution in [0.3, 0.4) is 0 Å². The van der Waals surface area contributed by atoms with Crippen LogP contribution < -0.4 is 5.32 Å². The van der Waals surface area contributed by atoms with Gasteiger partial charge in [0.1, 0.15) is 15.4 Å². The first-order valence-electron chi connectivity index (χ1n) is 4.69. The lowest BCUT2D eigenvalue weighted by Gasteiger charge is -2.20. The van der Waals surface area contributed by atoms with Crippen molar-refractivity contribution in [3.63, 3.8) is 0 Å². The van der Waals surface area contributed by atoms with E-state index in [-0.39, 0.29) is 6.04 Å². The second kappa shape index (κ2) is 5.47. The summed E-state index contributed by atoms with van der Waals surface area (Å²) in [5.41, 5.74) is 0.837. The maximum atomic E-state index is 5.15. The van der Waals surface area contributed by atoms with Crippen LogP contribution in [0.1, 0.15) is 0 Å². The predicted molar refractivity (Wildman–Crippen MR) is 75.5 cm³/mol. The van der Waals surface area contributed by atoms with Gasteiger partial charge in [-0.25, -0.2) is 0 Å². The Labute approximate surface area is 109 Å². The highest BCUT2D eigenvalue weighted by molar-refractivity contribution is 8.23. The van der Waals surface area contributed by atoms with Gasteiger partial charge in [0, 0.05) is 5.75 Å². The number of hydrogen-bond acceptors (Lipinski definition) is 5. The van der Waals surface area contributed by atoms with E-state index in [2.05, 4.69) is 15.5 Å². The third-order valence-electron chi connectivity index (χ3n) is 1.97. The highest BCUT2D eigenvalue weighted by Gasteiger charge is 2.21. The molecule has 82 valence electrons. The Bertz CT molecular complexity index is 430. The molecule has 0 aromatic heterocycles. The molecular weight excluding hydrogens is 258 g/mol. The number of hydrogen-bond donors (Lipinski definition) is 1. The predicted octanol–water partition coefficient (Wildman–Crippen LogP) is 3.09. The molecule has 1 aliphatic rings. The summed E-state index contributed by atoms with van der Waals surface area (Å²) in [6.45, 7) is 0. The van der Waals surface area contributed by atoms with Crippen molar-refractivity contribution in [2.75, 3.05) is 5.75 Å². The molecule has 1 unspecified atom stereocenters. The van der Waals surface area contributed by atoms with Crippen molar-refractivity contribution in [3.8, 4) is 0 Å². The molecule has 1 aliphatic heterocycles. The number of nitrogens with one attached hydrogen (secondary N) is 1. The third kappa shape index (κ3) is 3.07. The summed E-state index contributed by atoms with van der Waals surface area (Å²) in [5.74, 6) is 0.765. The molecule has 0 saturated carbocycles. The molecule has 0 spiro atoms. The van der Waals surface area contributed by atoms with Gasteiger partial charge in [0.25, 0.3) is 0 Å². The molecule has 1 N–H and O–H groups in total. The van der Waals surface area contributed by atoms with Crippen LogP contribution in [0, 0.1) is 0 Å². The second-order valence-corrected chi connectivity index (χ2v) is 5.29. The lowest BCUT2D eigenvalue weighted by Crippen LogP contribution is -2.40. The molecule has 2 rings (SSSR count). The lowest BCUT2D eigenvalue weighted by molar-refractivity contribution is 0.893. The van der Waals surface area contributed by atoms with Gasteiger partial charge in [-0.05, 0) is 12.1 Å². The van der Waals surface area contributed by atoms with E-state index in [1.807, 2.05) is 30.3 Å². The van der Waals surface area contributed by atoms with Crippen molar-refractivity contribution in [1.82, 2.24) is 5.32 Å². The smallest absolute Gasteiger partial charge is 0.138 e. The topological polar surface area (TPSA) is 36.8 Å². The fourth-order valence-electron chi connectivity index (χ4n) is 1.17. The fraction of sp³-hybridized carbons (Fsp3) is 0.200. The fourth-order valence-corrected chi connectivity index (χ4v) is 2.67. The van der Waals surface area contributed by atoms with E-state index in [1.54, 1.807) is 11.8 Å². The largest absolute Gasteiger partial charge is 0.334 e. The molecular formula is C10H9N3S3. The van der Waals surface area contributed by atoms with E-state index in [9.17, 15) is 0 Å². The highest BCUT2D eigenvalue weighted by Crippen LogP contribution is 2.17. The summed E-state index contributed by atoms with van der Waals surface area (Å²) in [7, 11) is 0. The molecule has 0 bridgehead atoms. The van der Waals surface area contributed by atoms with Gasteiger partial charge in [-0.3, -0.25) is 0 Å². The number of thioether (sulfide) groups is 1. The Balaban J connectivity index is 2.02. The zero-order valence-corrected chi connectivity index (χ0v) is 10.7. The Hall–Kier alpha value is -0.850. The summed E-state index contributed by atoms with van der Waals surface area (Å²) >= 11 is 11.7. The van der Waals surface area contributed by atoms with E-state index in [0.717, 1.165) is 15.8 Å². The maximum absolute atomic E-state index is 5.15. The quantitative estimate of drug-likeness (QED) is 0.660. The zero-order valence-electron chi connectivity index (χ0n) is 8.29. The van der Waals surface area contributed by atoms with Crippen molar-refractivity contribution < 1.29 is 0 Å². The van der Waals surface area contributed by atoms with Gasteiger partial charge in [0.2, 0.25) is 0 Å². The van der Waals surface area contributed by atoms with Crippen LogP contribution in [-0.4, -0.2) is 21.1 Å². The van der Waals surface area contributed by atoms with Crippen LogP contribution in [0.15, 0.2) is 40.6 Å². The number of rotatable bonds is 2. The second-order valence-electron chi connectivity index (χ2n) is 3.15. The van der Waals surface area contributed by atoms with Crippen LogP contribution in [0.2, 0.25) is 0 Å². The molecule has 1 fully saturated rings. The van der Waals surface area contributed by atoms with Crippen LogP contribution >= 0.6 is 36.2 Å². The average molecular weight is 267 g/mol. The monoisotopic (exact) mass is 267 g/mol. The first-order valence-corrected chi connectivity index (χ1v) is 6.49. The lowest BCUT2D eigenvalue weighted by atomic mass is 10.3. The summed E-state index contributed by atoms with van der Waals surface area (Å²) in [6.07, 6.45) is 0. The Morgan fingerprint density at radius 1 is 1.25 bits per heavy atom. The van der Waals surface area contributed by atoms with Crippen LogP contribution in [0.25, 0.3) is 0 Å². The summed E-state index contributed by atoms with van der Waals surface area (Å²) in [6, 6.07) is 9.53. The van der Waals surface area contributed by atoms with E-state index in [4.69, 9.17) is 24.4 Å². The van der Waals surface area contributed by atoms with Gasteiger partial charge in [-0.15, -0.1) is 0 Å². The molecule has 1 atom stereocenters. The molecule has 16 heavy (non-hydrogen) atoms. The number of thiocarbonyl (C=S) groups is 2.